The van der Waals surface area contributed by atoms with E-state index >= 15 is 0 Å². The fourth-order valence-electron chi connectivity index (χ4n) is 6.59. The number of H-pyrrole nitrogens is 1. The second kappa shape index (κ2) is 13.5. The van der Waals surface area contributed by atoms with Crippen molar-refractivity contribution in [2.24, 2.45) is 5.92 Å². The van der Waals surface area contributed by atoms with E-state index in [4.69, 9.17) is 21.3 Å². The number of nitrogens with zero attached hydrogens (tertiary/aromatic N) is 4. The minimum absolute atomic E-state index is 0.0572. The average molecular weight is 642 g/mol. The zero-order valence-corrected chi connectivity index (χ0v) is 27.3. The zero-order valence-electron chi connectivity index (χ0n) is 26.6. The summed E-state index contributed by atoms with van der Waals surface area (Å²) in [4.78, 5) is 66.0. The van der Waals surface area contributed by atoms with E-state index in [0.717, 1.165) is 24.8 Å². The van der Waals surface area contributed by atoms with Gasteiger partial charge in [0.1, 0.15) is 17.5 Å². The van der Waals surface area contributed by atoms with Crippen LogP contribution in [0.2, 0.25) is 5.02 Å². The van der Waals surface area contributed by atoms with Crippen molar-refractivity contribution in [3.05, 3.63) is 50.9 Å². The number of aromatic amines is 1. The molecule has 2 unspecified atom stereocenters. The van der Waals surface area contributed by atoms with Crippen LogP contribution in [-0.4, -0.2) is 91.6 Å². The highest BCUT2D eigenvalue weighted by atomic mass is 35.5. The van der Waals surface area contributed by atoms with Crippen molar-refractivity contribution in [3.8, 4) is 11.4 Å². The minimum atomic E-state index is -0.815. The van der Waals surface area contributed by atoms with E-state index in [0.29, 0.717) is 48.2 Å². The Morgan fingerprint density at radius 3 is 2.53 bits per heavy atom. The van der Waals surface area contributed by atoms with Crippen molar-refractivity contribution in [3.63, 3.8) is 0 Å². The van der Waals surface area contributed by atoms with Gasteiger partial charge in [-0.2, -0.15) is 0 Å². The van der Waals surface area contributed by atoms with Gasteiger partial charge in [-0.25, -0.2) is 9.78 Å². The highest BCUT2D eigenvalue weighted by Crippen LogP contribution is 2.33. The number of hydrogen-bond acceptors (Lipinski definition) is 7. The van der Waals surface area contributed by atoms with Crippen LogP contribution in [0.1, 0.15) is 83.4 Å². The van der Waals surface area contributed by atoms with Crippen LogP contribution in [0.5, 0.6) is 0 Å². The predicted octanol–water partition coefficient (Wildman–Crippen LogP) is 4.32. The first kappa shape index (κ1) is 32.9. The summed E-state index contributed by atoms with van der Waals surface area (Å²) < 4.78 is 5.48. The summed E-state index contributed by atoms with van der Waals surface area (Å²) in [5.74, 6) is -0.218. The van der Waals surface area contributed by atoms with Crippen molar-refractivity contribution in [2.45, 2.75) is 96.4 Å². The number of nitrogens with one attached hydrogen (secondary N) is 1. The van der Waals surface area contributed by atoms with Crippen LogP contribution in [0.15, 0.2) is 29.1 Å². The molecule has 3 aliphatic rings. The summed E-state index contributed by atoms with van der Waals surface area (Å²) in [5.41, 5.74) is 1.01. The lowest BCUT2D eigenvalue weighted by atomic mass is 9.90. The van der Waals surface area contributed by atoms with E-state index in [1.165, 1.54) is 4.90 Å². The monoisotopic (exact) mass is 641 g/mol. The number of aliphatic hydroxyl groups is 1. The molecular weight excluding hydrogens is 598 g/mol. The molecule has 2 fully saturated rings. The van der Waals surface area contributed by atoms with Gasteiger partial charge < -0.3 is 29.5 Å². The molecule has 0 radical (unpaired) electrons. The maximum Gasteiger partial charge on any atom is 0.410 e. The fourth-order valence-corrected chi connectivity index (χ4v) is 6.72. The summed E-state index contributed by atoms with van der Waals surface area (Å²) >= 11 is 6.05. The first-order chi connectivity index (χ1) is 21.3. The quantitative estimate of drug-likeness (QED) is 0.460. The number of ether oxygens (including phenoxy) is 1. The van der Waals surface area contributed by atoms with Crippen LogP contribution in [-0.2, 0) is 20.9 Å². The fraction of sp³-hybridized carbons (Fsp3) is 0.606. The lowest BCUT2D eigenvalue weighted by Gasteiger charge is -2.36. The van der Waals surface area contributed by atoms with Gasteiger partial charge in [-0.05, 0) is 63.8 Å². The van der Waals surface area contributed by atoms with Gasteiger partial charge in [-0.1, -0.05) is 31.4 Å². The van der Waals surface area contributed by atoms with E-state index < -0.39 is 23.8 Å². The van der Waals surface area contributed by atoms with Gasteiger partial charge in [0.05, 0.1) is 23.9 Å². The molecule has 0 spiro atoms. The Kier molecular flexibility index (Phi) is 9.88. The molecule has 2 N–H and O–H groups in total. The average Bonchev–Trinajstić information content (AvgIpc) is 3.62. The molecule has 0 saturated carbocycles. The van der Waals surface area contributed by atoms with Crippen LogP contribution < -0.4 is 5.56 Å². The second-order valence-corrected chi connectivity index (χ2v) is 14.0. The van der Waals surface area contributed by atoms with Crippen LogP contribution >= 0.6 is 11.6 Å². The van der Waals surface area contributed by atoms with E-state index in [9.17, 15) is 24.3 Å². The molecule has 4 heterocycles. The topological polar surface area (TPSA) is 136 Å². The summed E-state index contributed by atoms with van der Waals surface area (Å²) in [6, 6.07) is 6.30. The third-order valence-corrected chi connectivity index (χ3v) is 9.10. The number of benzene rings is 1. The number of amides is 3. The Bertz CT molecular complexity index is 1470. The number of fused-ring (bicyclic) bond motifs is 1. The van der Waals surface area contributed by atoms with Gasteiger partial charge in [-0.3, -0.25) is 14.4 Å². The molecule has 244 valence electrons. The summed E-state index contributed by atoms with van der Waals surface area (Å²) in [7, 11) is 0. The Balaban J connectivity index is 1.31. The molecule has 0 bridgehead atoms. The van der Waals surface area contributed by atoms with Crippen molar-refractivity contribution in [1.29, 1.82) is 0 Å². The maximum atomic E-state index is 14.0. The lowest BCUT2D eigenvalue weighted by molar-refractivity contribution is -0.145. The first-order valence-electron chi connectivity index (χ1n) is 16.0. The number of aliphatic hydroxyl groups excluding tert-OH is 1. The third kappa shape index (κ3) is 7.69. The Labute approximate surface area is 268 Å². The maximum absolute atomic E-state index is 14.0. The molecule has 5 rings (SSSR count). The highest BCUT2D eigenvalue weighted by Gasteiger charge is 2.43. The molecule has 1 aromatic carbocycles. The summed E-state index contributed by atoms with van der Waals surface area (Å²) in [5, 5.41) is 11.2. The van der Waals surface area contributed by atoms with Crippen LogP contribution in [0.3, 0.4) is 0 Å². The van der Waals surface area contributed by atoms with E-state index in [2.05, 4.69) is 11.9 Å². The number of likely N-dealkylation sites (tertiary alicyclic amines) is 2. The smallest absolute Gasteiger partial charge is 0.410 e. The standard InChI is InChI=1S/C33H44ClN5O6/c1-5-6-7-22-17-38(19-25-28(22)35-29(36-30(25)42)21-8-10-23(34)11-9-21)31(43)26-15-24(40)18-39(26)27(41)14-20-12-13-37(16-20)32(44)45-33(2,3)4/h8-11,20,22,24,26,40H,5-7,12-19H2,1-4H3,(H,35,36,42)/t20?,22?,24-,26+/m1/s1. The van der Waals surface area contributed by atoms with E-state index in [-0.39, 0.29) is 55.1 Å². The highest BCUT2D eigenvalue weighted by molar-refractivity contribution is 6.30. The molecule has 3 amide bonds. The molecule has 4 atom stereocenters. The van der Waals surface area contributed by atoms with Gasteiger partial charge >= 0.3 is 6.09 Å². The zero-order chi connectivity index (χ0) is 32.5. The van der Waals surface area contributed by atoms with Gasteiger partial charge in [0, 0.05) is 55.5 Å². The van der Waals surface area contributed by atoms with Crippen molar-refractivity contribution in [1.82, 2.24) is 24.7 Å². The normalized spacial score (nSPS) is 23.3. The predicted molar refractivity (Wildman–Crippen MR) is 170 cm³/mol. The Morgan fingerprint density at radius 2 is 1.84 bits per heavy atom. The molecule has 11 nitrogen and oxygen atoms in total. The number of unbranched alkanes of at least 4 members (excludes halogenated alkanes) is 1. The Morgan fingerprint density at radius 1 is 1.11 bits per heavy atom. The largest absolute Gasteiger partial charge is 0.444 e. The molecule has 2 aromatic rings. The van der Waals surface area contributed by atoms with Crippen LogP contribution in [0.4, 0.5) is 4.79 Å². The number of hydrogen-bond donors (Lipinski definition) is 2. The number of carbonyl (C=O) groups is 3. The Hall–Kier alpha value is -3.44. The third-order valence-electron chi connectivity index (χ3n) is 8.84. The SMILES string of the molecule is CCCCC1CN(C(=O)[C@@H]2C[C@@H](O)CN2C(=O)CC2CCN(C(=O)OC(C)(C)C)C2)Cc2c1nc(-c1ccc(Cl)cc1)[nH]c2=O. The molecule has 1 aromatic heterocycles. The number of aromatic nitrogens is 2. The molecule has 2 saturated heterocycles. The number of β-amino-alcohol motifs (C(OH)–C–C–N with tert-alkyl or cyclic N) is 1. The van der Waals surface area contributed by atoms with E-state index in [1.54, 1.807) is 21.9 Å². The van der Waals surface area contributed by atoms with Crippen molar-refractivity contribution >= 4 is 29.5 Å². The van der Waals surface area contributed by atoms with Crippen molar-refractivity contribution < 1.29 is 24.2 Å². The second-order valence-electron chi connectivity index (χ2n) is 13.6. The molecule has 3 aliphatic heterocycles. The van der Waals surface area contributed by atoms with Crippen LogP contribution in [0, 0.1) is 5.92 Å². The summed E-state index contributed by atoms with van der Waals surface area (Å²) in [6.07, 6.45) is 2.40. The van der Waals surface area contributed by atoms with Crippen molar-refractivity contribution in [2.75, 3.05) is 26.2 Å². The number of halogens is 1. The van der Waals surface area contributed by atoms with Gasteiger partial charge in [-0.15, -0.1) is 0 Å². The molecular formula is C33H44ClN5O6. The number of carbonyl (C=O) groups excluding carboxylic acids is 3. The molecule has 12 heteroatoms. The van der Waals surface area contributed by atoms with E-state index in [1.807, 2.05) is 32.9 Å². The minimum Gasteiger partial charge on any atom is -0.444 e. The van der Waals surface area contributed by atoms with Gasteiger partial charge in [0.15, 0.2) is 0 Å². The number of rotatable bonds is 7. The lowest BCUT2D eigenvalue weighted by Crippen LogP contribution is -2.51. The molecule has 0 aliphatic carbocycles. The van der Waals surface area contributed by atoms with Gasteiger partial charge in [0.25, 0.3) is 5.56 Å². The van der Waals surface area contributed by atoms with Gasteiger partial charge in [0.2, 0.25) is 11.8 Å². The molecule has 45 heavy (non-hydrogen) atoms. The van der Waals surface area contributed by atoms with Crippen LogP contribution in [0.25, 0.3) is 11.4 Å². The first-order valence-corrected chi connectivity index (χ1v) is 16.3. The summed E-state index contributed by atoms with van der Waals surface area (Å²) in [6.45, 7) is 9.00.